The predicted octanol–water partition coefficient (Wildman–Crippen LogP) is 2.87. The summed E-state index contributed by atoms with van der Waals surface area (Å²) >= 11 is 1.67. The van der Waals surface area contributed by atoms with E-state index in [0.717, 1.165) is 28.3 Å². The molecule has 3 aromatic rings. The molecule has 0 bridgehead atoms. The Morgan fingerprint density at radius 3 is 2.90 bits per heavy atom. The van der Waals surface area contributed by atoms with Gasteiger partial charge in [-0.3, -0.25) is 9.13 Å². The molecular formula is C15H15N3OS. The quantitative estimate of drug-likeness (QED) is 0.742. The summed E-state index contributed by atoms with van der Waals surface area (Å²) < 4.78 is 3.53. The van der Waals surface area contributed by atoms with Gasteiger partial charge in [0.1, 0.15) is 0 Å². The van der Waals surface area contributed by atoms with Gasteiger partial charge in [-0.1, -0.05) is 6.07 Å². The molecule has 0 spiro atoms. The van der Waals surface area contributed by atoms with Crippen LogP contribution in [0.15, 0.2) is 34.4 Å². The van der Waals surface area contributed by atoms with E-state index in [4.69, 9.17) is 0 Å². The van der Waals surface area contributed by atoms with Gasteiger partial charge in [0.25, 0.3) is 0 Å². The van der Waals surface area contributed by atoms with Crippen molar-refractivity contribution < 1.29 is 0 Å². The number of aromatic nitrogens is 3. The number of rotatable bonds is 3. The molecule has 20 heavy (non-hydrogen) atoms. The highest BCUT2D eigenvalue weighted by Gasteiger charge is 2.24. The second-order valence-electron chi connectivity index (χ2n) is 5.41. The van der Waals surface area contributed by atoms with Crippen LogP contribution in [-0.2, 0) is 13.6 Å². The minimum Gasteiger partial charge on any atom is -0.290 e. The number of hydrogen-bond acceptors (Lipinski definition) is 3. The summed E-state index contributed by atoms with van der Waals surface area (Å²) in [5.41, 5.74) is 2.71. The number of imidazole rings is 1. The summed E-state index contributed by atoms with van der Waals surface area (Å²) in [6.45, 7) is 0.830. The Kier molecular flexibility index (Phi) is 2.57. The zero-order valence-corrected chi connectivity index (χ0v) is 12.1. The lowest BCUT2D eigenvalue weighted by Crippen LogP contribution is -2.22. The third-order valence-electron chi connectivity index (χ3n) is 3.89. The van der Waals surface area contributed by atoms with Crippen molar-refractivity contribution in [3.63, 3.8) is 0 Å². The topological polar surface area (TPSA) is 39.8 Å². The number of pyridine rings is 1. The van der Waals surface area contributed by atoms with Gasteiger partial charge in [0.15, 0.2) is 5.65 Å². The zero-order chi connectivity index (χ0) is 13.7. The number of nitrogens with zero attached hydrogens (tertiary/aromatic N) is 3. The number of fused-ring (bicyclic) bond motifs is 1. The van der Waals surface area contributed by atoms with E-state index in [1.165, 1.54) is 12.8 Å². The Hall–Kier alpha value is -1.88. The lowest BCUT2D eigenvalue weighted by Gasteiger charge is -2.01. The molecule has 1 saturated carbocycles. The van der Waals surface area contributed by atoms with Crippen LogP contribution in [0.2, 0.25) is 0 Å². The van der Waals surface area contributed by atoms with Crippen molar-refractivity contribution in [3.8, 4) is 10.6 Å². The van der Waals surface area contributed by atoms with E-state index in [2.05, 4.69) is 11.1 Å². The maximum Gasteiger partial charge on any atom is 0.330 e. The van der Waals surface area contributed by atoms with Crippen LogP contribution in [0, 0.1) is 5.92 Å². The van der Waals surface area contributed by atoms with E-state index in [0.29, 0.717) is 5.92 Å². The van der Waals surface area contributed by atoms with Crippen molar-refractivity contribution in [1.82, 2.24) is 14.1 Å². The van der Waals surface area contributed by atoms with Crippen LogP contribution in [0.25, 0.3) is 21.7 Å². The molecular weight excluding hydrogens is 270 g/mol. The third-order valence-corrected chi connectivity index (χ3v) is 4.78. The first-order valence-corrected chi connectivity index (χ1v) is 7.72. The van der Waals surface area contributed by atoms with Crippen molar-refractivity contribution in [2.75, 3.05) is 0 Å². The SMILES string of the molecule is Cn1c(=O)n(CC2CC2)c2ccc(-c3cccs3)nc21. The van der Waals surface area contributed by atoms with E-state index in [9.17, 15) is 4.79 Å². The largest absolute Gasteiger partial charge is 0.330 e. The van der Waals surface area contributed by atoms with Gasteiger partial charge < -0.3 is 0 Å². The summed E-state index contributed by atoms with van der Waals surface area (Å²) in [6, 6.07) is 8.11. The summed E-state index contributed by atoms with van der Waals surface area (Å²) in [4.78, 5) is 18.2. The fourth-order valence-electron chi connectivity index (χ4n) is 2.57. The van der Waals surface area contributed by atoms with E-state index < -0.39 is 0 Å². The molecule has 4 nitrogen and oxygen atoms in total. The molecule has 3 heterocycles. The fourth-order valence-corrected chi connectivity index (χ4v) is 3.27. The molecule has 0 saturated heterocycles. The molecule has 1 fully saturated rings. The van der Waals surface area contributed by atoms with Gasteiger partial charge in [-0.15, -0.1) is 11.3 Å². The van der Waals surface area contributed by atoms with Crippen LogP contribution in [-0.4, -0.2) is 14.1 Å². The Morgan fingerprint density at radius 2 is 2.20 bits per heavy atom. The molecule has 0 N–H and O–H groups in total. The molecule has 1 aliphatic rings. The van der Waals surface area contributed by atoms with Gasteiger partial charge >= 0.3 is 5.69 Å². The molecule has 0 unspecified atom stereocenters. The Bertz CT molecular complexity index is 825. The predicted molar refractivity (Wildman–Crippen MR) is 81.0 cm³/mol. The maximum absolute atomic E-state index is 12.3. The molecule has 102 valence electrons. The van der Waals surface area contributed by atoms with Crippen molar-refractivity contribution in [2.45, 2.75) is 19.4 Å². The molecule has 0 aromatic carbocycles. The summed E-state index contributed by atoms with van der Waals surface area (Å²) in [7, 11) is 1.80. The van der Waals surface area contributed by atoms with Gasteiger partial charge in [-0.05, 0) is 42.3 Å². The van der Waals surface area contributed by atoms with Crippen LogP contribution < -0.4 is 5.69 Å². The summed E-state index contributed by atoms with van der Waals surface area (Å²) in [5, 5.41) is 2.04. The average Bonchev–Trinajstić information content (AvgIpc) is 3.05. The Balaban J connectivity index is 1.90. The minimum atomic E-state index is 0.0442. The number of thiophene rings is 1. The van der Waals surface area contributed by atoms with Crippen LogP contribution >= 0.6 is 11.3 Å². The number of hydrogen-bond donors (Lipinski definition) is 0. The highest BCUT2D eigenvalue weighted by Crippen LogP contribution is 2.31. The highest BCUT2D eigenvalue weighted by atomic mass is 32.1. The lowest BCUT2D eigenvalue weighted by molar-refractivity contribution is 0.609. The normalized spacial score (nSPS) is 15.1. The van der Waals surface area contributed by atoms with Crippen molar-refractivity contribution in [2.24, 2.45) is 13.0 Å². The molecule has 1 aliphatic carbocycles. The summed E-state index contributed by atoms with van der Waals surface area (Å²) in [6.07, 6.45) is 2.48. The van der Waals surface area contributed by atoms with Gasteiger partial charge in [0, 0.05) is 13.6 Å². The molecule has 3 aromatic heterocycles. The second-order valence-corrected chi connectivity index (χ2v) is 6.36. The smallest absolute Gasteiger partial charge is 0.290 e. The first-order valence-electron chi connectivity index (χ1n) is 6.84. The van der Waals surface area contributed by atoms with Gasteiger partial charge in [-0.2, -0.15) is 0 Å². The highest BCUT2D eigenvalue weighted by molar-refractivity contribution is 7.13. The van der Waals surface area contributed by atoms with Crippen molar-refractivity contribution in [1.29, 1.82) is 0 Å². The van der Waals surface area contributed by atoms with Gasteiger partial charge in [0.2, 0.25) is 0 Å². The van der Waals surface area contributed by atoms with Crippen LogP contribution in [0.4, 0.5) is 0 Å². The van der Waals surface area contributed by atoms with Crippen LogP contribution in [0.3, 0.4) is 0 Å². The molecule has 0 aliphatic heterocycles. The zero-order valence-electron chi connectivity index (χ0n) is 11.2. The molecule has 0 amide bonds. The Morgan fingerprint density at radius 1 is 1.35 bits per heavy atom. The van der Waals surface area contributed by atoms with Crippen molar-refractivity contribution in [3.05, 3.63) is 40.1 Å². The number of aryl methyl sites for hydroxylation is 1. The van der Waals surface area contributed by atoms with E-state index in [1.807, 2.05) is 28.1 Å². The van der Waals surface area contributed by atoms with Crippen molar-refractivity contribution >= 4 is 22.5 Å². The molecule has 5 heteroatoms. The average molecular weight is 285 g/mol. The molecule has 4 rings (SSSR count). The van der Waals surface area contributed by atoms with E-state index >= 15 is 0 Å². The first kappa shape index (κ1) is 11.9. The van der Waals surface area contributed by atoms with E-state index in [-0.39, 0.29) is 5.69 Å². The monoisotopic (exact) mass is 285 g/mol. The third kappa shape index (κ3) is 1.81. The second kappa shape index (κ2) is 4.31. The Labute approximate surface area is 120 Å². The first-order chi connectivity index (χ1) is 9.74. The van der Waals surface area contributed by atoms with Crippen LogP contribution in [0.5, 0.6) is 0 Å². The lowest BCUT2D eigenvalue weighted by atomic mass is 10.3. The van der Waals surface area contributed by atoms with Gasteiger partial charge in [-0.25, -0.2) is 9.78 Å². The standard InChI is InChI=1S/C15H15N3OS/c1-17-14-12(18(15(17)19)9-10-4-5-10)7-6-11(16-14)13-3-2-8-20-13/h2-3,6-8,10H,4-5,9H2,1H3. The van der Waals surface area contributed by atoms with Gasteiger partial charge in [0.05, 0.1) is 16.1 Å². The van der Waals surface area contributed by atoms with Crippen LogP contribution in [0.1, 0.15) is 12.8 Å². The molecule has 0 radical (unpaired) electrons. The molecule has 0 atom stereocenters. The summed E-state index contributed by atoms with van der Waals surface area (Å²) in [5.74, 6) is 0.676. The van der Waals surface area contributed by atoms with E-state index in [1.54, 1.807) is 23.0 Å². The minimum absolute atomic E-state index is 0.0442. The fraction of sp³-hybridized carbons (Fsp3) is 0.333. The maximum atomic E-state index is 12.3.